The fraction of sp³-hybridized carbons (Fsp3) is 0.412. The summed E-state index contributed by atoms with van der Waals surface area (Å²) < 4.78 is 35.3. The number of aryl methyl sites for hydroxylation is 1. The first-order valence-corrected chi connectivity index (χ1v) is 9.54. The lowest BCUT2D eigenvalue weighted by atomic mass is 10.1. The van der Waals surface area contributed by atoms with E-state index in [0.29, 0.717) is 19.8 Å². The highest BCUT2D eigenvalue weighted by molar-refractivity contribution is 7.89. The number of sulfonamides is 1. The van der Waals surface area contributed by atoms with E-state index in [-0.39, 0.29) is 10.9 Å². The van der Waals surface area contributed by atoms with Crippen molar-refractivity contribution in [3.05, 3.63) is 54.4 Å². The van der Waals surface area contributed by atoms with Gasteiger partial charge in [-0.2, -0.15) is 0 Å². The van der Waals surface area contributed by atoms with Crippen LogP contribution in [0.15, 0.2) is 53.6 Å². The average Bonchev–Trinajstić information content (AvgIpc) is 3.03. The molecule has 7 heteroatoms. The van der Waals surface area contributed by atoms with Crippen LogP contribution < -0.4 is 4.72 Å². The standard InChI is InChI=1S/C17H23N3O3S/c1-19-9-5-8-16(19)17(20-10-12-23-13-11-20)14-18-24(21,22)15-6-3-2-4-7-15/h2-9,17-18H,10-14H2,1H3/t17-/m1/s1. The molecule has 2 aromatic rings. The zero-order valence-electron chi connectivity index (χ0n) is 13.8. The first-order valence-electron chi connectivity index (χ1n) is 8.06. The van der Waals surface area contributed by atoms with Gasteiger partial charge in [0.2, 0.25) is 10.0 Å². The highest BCUT2D eigenvalue weighted by atomic mass is 32.2. The summed E-state index contributed by atoms with van der Waals surface area (Å²) in [5.74, 6) is 0. The maximum atomic E-state index is 12.5. The summed E-state index contributed by atoms with van der Waals surface area (Å²) in [5.41, 5.74) is 1.09. The zero-order chi connectivity index (χ0) is 17.0. The van der Waals surface area contributed by atoms with Gasteiger partial charge in [0.25, 0.3) is 0 Å². The van der Waals surface area contributed by atoms with E-state index < -0.39 is 10.0 Å². The number of hydrogen-bond acceptors (Lipinski definition) is 4. The summed E-state index contributed by atoms with van der Waals surface area (Å²) in [7, 11) is -1.53. The van der Waals surface area contributed by atoms with Gasteiger partial charge in [-0.15, -0.1) is 0 Å². The number of hydrogen-bond donors (Lipinski definition) is 1. The summed E-state index contributed by atoms with van der Waals surface area (Å²) in [6.07, 6.45) is 1.98. The molecule has 0 aliphatic carbocycles. The van der Waals surface area contributed by atoms with Crippen LogP contribution in [0.2, 0.25) is 0 Å². The third kappa shape index (κ3) is 3.87. The minimum absolute atomic E-state index is 0.0209. The quantitative estimate of drug-likeness (QED) is 0.856. The lowest BCUT2D eigenvalue weighted by molar-refractivity contribution is 0.0158. The number of nitrogens with one attached hydrogen (secondary N) is 1. The van der Waals surface area contributed by atoms with Gasteiger partial charge in [0, 0.05) is 38.6 Å². The third-order valence-corrected chi connectivity index (χ3v) is 5.77. The summed E-state index contributed by atoms with van der Waals surface area (Å²) in [4.78, 5) is 2.56. The highest BCUT2D eigenvalue weighted by Crippen LogP contribution is 2.22. The number of morpholine rings is 1. The van der Waals surface area contributed by atoms with Crippen LogP contribution in [0.25, 0.3) is 0 Å². The molecule has 0 amide bonds. The number of ether oxygens (including phenoxy) is 1. The van der Waals surface area contributed by atoms with Crippen LogP contribution in [0.5, 0.6) is 0 Å². The van der Waals surface area contributed by atoms with Crippen LogP contribution in [0.4, 0.5) is 0 Å². The fourth-order valence-corrected chi connectivity index (χ4v) is 4.06. The predicted octanol–water partition coefficient (Wildman–Crippen LogP) is 1.38. The molecule has 3 rings (SSSR count). The topological polar surface area (TPSA) is 63.6 Å². The first kappa shape index (κ1) is 17.2. The maximum Gasteiger partial charge on any atom is 0.240 e. The second-order valence-electron chi connectivity index (χ2n) is 5.87. The molecule has 1 aromatic carbocycles. The molecule has 1 N–H and O–H groups in total. The molecule has 2 heterocycles. The van der Waals surface area contributed by atoms with E-state index in [4.69, 9.17) is 4.74 Å². The van der Waals surface area contributed by atoms with Crippen molar-refractivity contribution >= 4 is 10.0 Å². The van der Waals surface area contributed by atoms with Crippen molar-refractivity contribution in [1.29, 1.82) is 0 Å². The summed E-state index contributed by atoms with van der Waals surface area (Å²) in [6.45, 7) is 3.26. The molecule has 0 spiro atoms. The summed E-state index contributed by atoms with van der Waals surface area (Å²) in [6, 6.07) is 12.5. The van der Waals surface area contributed by atoms with Crippen molar-refractivity contribution in [3.8, 4) is 0 Å². The SMILES string of the molecule is Cn1cccc1[C@@H](CNS(=O)(=O)c1ccccc1)N1CCOCC1. The zero-order valence-corrected chi connectivity index (χ0v) is 14.6. The van der Waals surface area contributed by atoms with E-state index in [2.05, 4.69) is 9.62 Å². The van der Waals surface area contributed by atoms with Crippen molar-refractivity contribution in [2.24, 2.45) is 7.05 Å². The molecule has 1 aliphatic heterocycles. The van der Waals surface area contributed by atoms with Crippen LogP contribution in [0.3, 0.4) is 0 Å². The van der Waals surface area contributed by atoms with E-state index in [1.165, 1.54) is 0 Å². The lowest BCUT2D eigenvalue weighted by Crippen LogP contribution is -2.44. The van der Waals surface area contributed by atoms with Gasteiger partial charge in [-0.1, -0.05) is 18.2 Å². The molecule has 0 radical (unpaired) electrons. The van der Waals surface area contributed by atoms with Crippen LogP contribution >= 0.6 is 0 Å². The molecule has 24 heavy (non-hydrogen) atoms. The molecule has 0 unspecified atom stereocenters. The molecule has 1 aromatic heterocycles. The Hall–Kier alpha value is -1.67. The van der Waals surface area contributed by atoms with Crippen LogP contribution in [-0.4, -0.2) is 50.7 Å². The fourth-order valence-electron chi connectivity index (χ4n) is 3.00. The van der Waals surface area contributed by atoms with E-state index in [9.17, 15) is 8.42 Å². The number of aromatic nitrogens is 1. The van der Waals surface area contributed by atoms with Crippen molar-refractivity contribution in [1.82, 2.24) is 14.2 Å². The average molecular weight is 349 g/mol. The number of nitrogens with zero attached hydrogens (tertiary/aromatic N) is 2. The normalized spacial score (nSPS) is 17.7. The lowest BCUT2D eigenvalue weighted by Gasteiger charge is -2.34. The Kier molecular flexibility index (Phi) is 5.35. The summed E-state index contributed by atoms with van der Waals surface area (Å²) >= 11 is 0. The van der Waals surface area contributed by atoms with Crippen LogP contribution in [0.1, 0.15) is 11.7 Å². The molecule has 1 fully saturated rings. The van der Waals surface area contributed by atoms with E-state index in [1.807, 2.05) is 29.9 Å². The minimum atomic E-state index is -3.52. The third-order valence-electron chi connectivity index (χ3n) is 4.33. The molecular weight excluding hydrogens is 326 g/mol. The van der Waals surface area contributed by atoms with E-state index in [1.54, 1.807) is 30.3 Å². The van der Waals surface area contributed by atoms with Crippen molar-refractivity contribution in [2.45, 2.75) is 10.9 Å². The van der Waals surface area contributed by atoms with Crippen molar-refractivity contribution < 1.29 is 13.2 Å². The van der Waals surface area contributed by atoms with Gasteiger partial charge >= 0.3 is 0 Å². The Balaban J connectivity index is 1.78. The van der Waals surface area contributed by atoms with Crippen LogP contribution in [-0.2, 0) is 21.8 Å². The molecule has 1 saturated heterocycles. The minimum Gasteiger partial charge on any atom is -0.379 e. The Morgan fingerprint density at radius 3 is 2.46 bits per heavy atom. The molecule has 1 aliphatic rings. The Morgan fingerprint density at radius 1 is 1.12 bits per heavy atom. The second-order valence-corrected chi connectivity index (χ2v) is 7.64. The maximum absolute atomic E-state index is 12.5. The largest absolute Gasteiger partial charge is 0.379 e. The molecule has 1 atom stereocenters. The smallest absolute Gasteiger partial charge is 0.240 e. The molecule has 0 saturated carbocycles. The first-order chi connectivity index (χ1) is 11.6. The van der Waals surface area contributed by atoms with Gasteiger partial charge in [-0.25, -0.2) is 13.1 Å². The van der Waals surface area contributed by atoms with E-state index >= 15 is 0 Å². The van der Waals surface area contributed by atoms with Crippen molar-refractivity contribution in [3.63, 3.8) is 0 Å². The number of benzene rings is 1. The Bertz CT molecular complexity index is 752. The van der Waals surface area contributed by atoms with Gasteiger partial charge in [0.1, 0.15) is 0 Å². The Morgan fingerprint density at radius 2 is 1.83 bits per heavy atom. The van der Waals surface area contributed by atoms with Gasteiger partial charge < -0.3 is 9.30 Å². The van der Waals surface area contributed by atoms with Crippen LogP contribution in [0, 0.1) is 0 Å². The summed E-state index contributed by atoms with van der Waals surface area (Å²) in [5, 5.41) is 0. The van der Waals surface area contributed by atoms with Gasteiger partial charge in [0.05, 0.1) is 24.2 Å². The van der Waals surface area contributed by atoms with Gasteiger partial charge in [-0.05, 0) is 24.3 Å². The monoisotopic (exact) mass is 349 g/mol. The Labute approximate surface area is 143 Å². The molecule has 6 nitrogen and oxygen atoms in total. The molecular formula is C17H23N3O3S. The second kappa shape index (κ2) is 7.48. The highest BCUT2D eigenvalue weighted by Gasteiger charge is 2.26. The molecule has 130 valence electrons. The molecule has 0 bridgehead atoms. The van der Waals surface area contributed by atoms with Crippen molar-refractivity contribution in [2.75, 3.05) is 32.8 Å². The van der Waals surface area contributed by atoms with Gasteiger partial charge in [-0.3, -0.25) is 4.90 Å². The number of rotatable bonds is 6. The van der Waals surface area contributed by atoms with Gasteiger partial charge in [0.15, 0.2) is 0 Å². The van der Waals surface area contributed by atoms with E-state index in [0.717, 1.165) is 18.8 Å². The predicted molar refractivity (Wildman–Crippen MR) is 92.2 cm³/mol.